The second kappa shape index (κ2) is 6.00. The standard InChI is InChI=1S/C17H21NO2S/c1-13-6-5-7-16(10-13)12-18(4)21(19,20)17-11-14(2)8-9-15(17)3/h5-11H,12H2,1-4H3. The number of benzene rings is 2. The monoisotopic (exact) mass is 303 g/mol. The van der Waals surface area contributed by atoms with Crippen LogP contribution in [0.2, 0.25) is 0 Å². The van der Waals surface area contributed by atoms with Crippen molar-refractivity contribution < 1.29 is 8.42 Å². The van der Waals surface area contributed by atoms with E-state index in [-0.39, 0.29) is 0 Å². The molecule has 0 fully saturated rings. The van der Waals surface area contributed by atoms with E-state index in [0.717, 1.165) is 22.3 Å². The van der Waals surface area contributed by atoms with Crippen molar-refractivity contribution in [1.82, 2.24) is 4.31 Å². The first-order valence-corrected chi connectivity index (χ1v) is 8.34. The van der Waals surface area contributed by atoms with Gasteiger partial charge in [-0.3, -0.25) is 0 Å². The van der Waals surface area contributed by atoms with Gasteiger partial charge in [0.05, 0.1) is 4.90 Å². The predicted octanol–water partition coefficient (Wildman–Crippen LogP) is 3.43. The van der Waals surface area contributed by atoms with E-state index in [1.54, 1.807) is 13.1 Å². The minimum atomic E-state index is -3.47. The van der Waals surface area contributed by atoms with Crippen LogP contribution in [0.5, 0.6) is 0 Å². The average molecular weight is 303 g/mol. The van der Waals surface area contributed by atoms with Crippen LogP contribution in [0, 0.1) is 20.8 Å². The molecule has 0 saturated carbocycles. The summed E-state index contributed by atoms with van der Waals surface area (Å²) in [7, 11) is -1.85. The number of hydrogen-bond acceptors (Lipinski definition) is 2. The third-order valence-corrected chi connectivity index (χ3v) is 5.46. The maximum absolute atomic E-state index is 12.7. The smallest absolute Gasteiger partial charge is 0.207 e. The van der Waals surface area contributed by atoms with Gasteiger partial charge in [-0.05, 0) is 43.5 Å². The third kappa shape index (κ3) is 3.52. The van der Waals surface area contributed by atoms with E-state index in [2.05, 4.69) is 0 Å². The van der Waals surface area contributed by atoms with E-state index in [1.165, 1.54) is 4.31 Å². The van der Waals surface area contributed by atoms with Crippen molar-refractivity contribution in [2.24, 2.45) is 0 Å². The molecule has 2 rings (SSSR count). The Morgan fingerprint density at radius 3 is 2.29 bits per heavy atom. The SMILES string of the molecule is Cc1cccc(CN(C)S(=O)(=O)c2cc(C)ccc2C)c1. The summed E-state index contributed by atoms with van der Waals surface area (Å²) in [5.41, 5.74) is 3.84. The van der Waals surface area contributed by atoms with Crippen LogP contribution in [0.25, 0.3) is 0 Å². The van der Waals surface area contributed by atoms with Gasteiger partial charge in [0, 0.05) is 13.6 Å². The Labute approximate surface area is 127 Å². The molecule has 0 aliphatic heterocycles. The highest BCUT2D eigenvalue weighted by atomic mass is 32.2. The van der Waals surface area contributed by atoms with Crippen LogP contribution in [0.15, 0.2) is 47.4 Å². The number of aryl methyl sites for hydroxylation is 3. The zero-order valence-electron chi connectivity index (χ0n) is 12.9. The largest absolute Gasteiger partial charge is 0.243 e. The van der Waals surface area contributed by atoms with Crippen molar-refractivity contribution in [2.75, 3.05) is 7.05 Å². The van der Waals surface area contributed by atoms with Crippen LogP contribution >= 0.6 is 0 Å². The zero-order valence-corrected chi connectivity index (χ0v) is 13.7. The summed E-state index contributed by atoms with van der Waals surface area (Å²) in [6, 6.07) is 13.4. The molecular formula is C17H21NO2S. The molecule has 0 atom stereocenters. The summed E-state index contributed by atoms with van der Waals surface area (Å²) in [5, 5.41) is 0. The van der Waals surface area contributed by atoms with Crippen molar-refractivity contribution in [1.29, 1.82) is 0 Å². The highest BCUT2D eigenvalue weighted by Crippen LogP contribution is 2.21. The van der Waals surface area contributed by atoms with Crippen LogP contribution in [0.4, 0.5) is 0 Å². The lowest BCUT2D eigenvalue weighted by Crippen LogP contribution is -2.27. The van der Waals surface area contributed by atoms with Gasteiger partial charge in [0.2, 0.25) is 10.0 Å². The summed E-state index contributed by atoms with van der Waals surface area (Å²) in [4.78, 5) is 0.387. The van der Waals surface area contributed by atoms with Crippen molar-refractivity contribution >= 4 is 10.0 Å². The Morgan fingerprint density at radius 2 is 1.62 bits per heavy atom. The first-order valence-electron chi connectivity index (χ1n) is 6.90. The molecule has 0 bridgehead atoms. The van der Waals surface area contributed by atoms with E-state index >= 15 is 0 Å². The van der Waals surface area contributed by atoms with Gasteiger partial charge in [-0.1, -0.05) is 42.0 Å². The van der Waals surface area contributed by atoms with Crippen LogP contribution in [0.1, 0.15) is 22.3 Å². The lowest BCUT2D eigenvalue weighted by molar-refractivity contribution is 0.466. The van der Waals surface area contributed by atoms with Gasteiger partial charge in [-0.2, -0.15) is 4.31 Å². The maximum Gasteiger partial charge on any atom is 0.243 e. The molecule has 112 valence electrons. The van der Waals surface area contributed by atoms with Gasteiger partial charge >= 0.3 is 0 Å². The molecule has 0 aliphatic rings. The average Bonchev–Trinajstić information content (AvgIpc) is 2.41. The Hall–Kier alpha value is -1.65. The number of rotatable bonds is 4. The molecule has 21 heavy (non-hydrogen) atoms. The van der Waals surface area contributed by atoms with Gasteiger partial charge in [-0.15, -0.1) is 0 Å². The van der Waals surface area contributed by atoms with Crippen molar-refractivity contribution in [2.45, 2.75) is 32.2 Å². The predicted molar refractivity (Wildman–Crippen MR) is 85.7 cm³/mol. The summed E-state index contributed by atoms with van der Waals surface area (Å²) >= 11 is 0. The van der Waals surface area contributed by atoms with E-state index in [0.29, 0.717) is 11.4 Å². The fourth-order valence-electron chi connectivity index (χ4n) is 2.31. The maximum atomic E-state index is 12.7. The molecule has 0 spiro atoms. The molecule has 2 aromatic carbocycles. The summed E-state index contributed by atoms with van der Waals surface area (Å²) < 4.78 is 26.8. The Balaban J connectivity index is 2.33. The molecule has 0 unspecified atom stereocenters. The third-order valence-electron chi connectivity index (χ3n) is 3.52. The molecule has 0 N–H and O–H groups in total. The number of nitrogens with zero attached hydrogens (tertiary/aromatic N) is 1. The minimum absolute atomic E-state index is 0.372. The number of hydrogen-bond donors (Lipinski definition) is 0. The van der Waals surface area contributed by atoms with Crippen molar-refractivity contribution in [3.05, 3.63) is 64.7 Å². The highest BCUT2D eigenvalue weighted by molar-refractivity contribution is 7.89. The van der Waals surface area contributed by atoms with Crippen LogP contribution in [-0.4, -0.2) is 19.8 Å². The fraction of sp³-hybridized carbons (Fsp3) is 0.294. The second-order valence-corrected chi connectivity index (χ2v) is 7.53. The molecule has 0 amide bonds. The summed E-state index contributed by atoms with van der Waals surface area (Å²) in [5.74, 6) is 0. The van der Waals surface area contributed by atoms with Gasteiger partial charge in [0.15, 0.2) is 0 Å². The summed E-state index contributed by atoms with van der Waals surface area (Å²) in [6.45, 7) is 6.10. The summed E-state index contributed by atoms with van der Waals surface area (Å²) in [6.07, 6.45) is 0. The normalized spacial score (nSPS) is 11.9. The molecule has 4 heteroatoms. The molecule has 0 heterocycles. The molecule has 0 radical (unpaired) electrons. The van der Waals surface area contributed by atoms with Crippen LogP contribution < -0.4 is 0 Å². The molecule has 3 nitrogen and oxygen atoms in total. The van der Waals surface area contributed by atoms with Gasteiger partial charge in [-0.25, -0.2) is 8.42 Å². The van der Waals surface area contributed by atoms with Crippen LogP contribution in [0.3, 0.4) is 0 Å². The fourth-order valence-corrected chi connectivity index (χ4v) is 3.77. The first kappa shape index (κ1) is 15.7. The van der Waals surface area contributed by atoms with Crippen molar-refractivity contribution in [3.8, 4) is 0 Å². The van der Waals surface area contributed by atoms with Crippen LogP contribution in [-0.2, 0) is 16.6 Å². The van der Waals surface area contributed by atoms with E-state index < -0.39 is 10.0 Å². The molecule has 0 saturated heterocycles. The van der Waals surface area contributed by atoms with Crippen molar-refractivity contribution in [3.63, 3.8) is 0 Å². The van der Waals surface area contributed by atoms with Gasteiger partial charge in [0.25, 0.3) is 0 Å². The molecular weight excluding hydrogens is 282 g/mol. The lowest BCUT2D eigenvalue weighted by Gasteiger charge is -2.19. The van der Waals surface area contributed by atoms with Gasteiger partial charge < -0.3 is 0 Å². The Bertz CT molecular complexity index is 751. The Kier molecular flexibility index (Phi) is 4.49. The number of sulfonamides is 1. The quantitative estimate of drug-likeness (QED) is 0.867. The highest BCUT2D eigenvalue weighted by Gasteiger charge is 2.22. The Morgan fingerprint density at radius 1 is 0.952 bits per heavy atom. The molecule has 0 aromatic heterocycles. The zero-order chi connectivity index (χ0) is 15.6. The van der Waals surface area contributed by atoms with E-state index in [1.807, 2.05) is 57.2 Å². The first-order chi connectivity index (χ1) is 9.80. The van der Waals surface area contributed by atoms with Gasteiger partial charge in [0.1, 0.15) is 0 Å². The molecule has 2 aromatic rings. The van der Waals surface area contributed by atoms with E-state index in [9.17, 15) is 8.42 Å². The topological polar surface area (TPSA) is 37.4 Å². The second-order valence-electron chi connectivity index (χ2n) is 5.52. The lowest BCUT2D eigenvalue weighted by atomic mass is 10.1. The minimum Gasteiger partial charge on any atom is -0.207 e. The van der Waals surface area contributed by atoms with E-state index in [4.69, 9.17) is 0 Å². The molecule has 0 aliphatic carbocycles.